The van der Waals surface area contributed by atoms with E-state index in [1.807, 2.05) is 12.1 Å². The summed E-state index contributed by atoms with van der Waals surface area (Å²) in [7, 11) is 0. The maximum absolute atomic E-state index is 10.7. The van der Waals surface area contributed by atoms with Crippen LogP contribution in [0.15, 0.2) is 58.8 Å². The third-order valence-electron chi connectivity index (χ3n) is 4.12. The molecule has 26 heavy (non-hydrogen) atoms. The van der Waals surface area contributed by atoms with Crippen LogP contribution in [0.2, 0.25) is 0 Å². The zero-order valence-electron chi connectivity index (χ0n) is 15.5. The number of nitrogens with zero attached hydrogens (tertiary/aromatic N) is 4. The summed E-state index contributed by atoms with van der Waals surface area (Å²) in [6.45, 7) is 6.56. The Labute approximate surface area is 154 Å². The van der Waals surface area contributed by atoms with E-state index in [9.17, 15) is 10.1 Å². The Hall–Kier alpha value is -2.76. The first-order valence-electron chi connectivity index (χ1n) is 9.15. The van der Waals surface area contributed by atoms with E-state index in [-0.39, 0.29) is 5.69 Å². The van der Waals surface area contributed by atoms with Crippen molar-refractivity contribution in [3.8, 4) is 0 Å². The summed E-state index contributed by atoms with van der Waals surface area (Å²) in [4.78, 5) is 12.7. The normalized spacial score (nSPS) is 11.0. The number of hydrogen-bond donors (Lipinski definition) is 0. The molecule has 0 atom stereocenters. The van der Waals surface area contributed by atoms with Gasteiger partial charge < -0.3 is 4.90 Å². The van der Waals surface area contributed by atoms with Gasteiger partial charge in [-0.15, -0.1) is 0 Å². The Balaban J connectivity index is 2.03. The van der Waals surface area contributed by atoms with Gasteiger partial charge in [0.05, 0.1) is 16.3 Å². The van der Waals surface area contributed by atoms with Crippen LogP contribution in [0.25, 0.3) is 0 Å². The molecule has 6 heteroatoms. The topological polar surface area (TPSA) is 71.1 Å². The van der Waals surface area contributed by atoms with Crippen LogP contribution in [-0.4, -0.2) is 18.0 Å². The predicted molar refractivity (Wildman–Crippen MR) is 106 cm³/mol. The minimum absolute atomic E-state index is 0.0487. The first-order chi connectivity index (χ1) is 12.6. The molecule has 0 aromatic heterocycles. The number of nitro benzene ring substituents is 1. The van der Waals surface area contributed by atoms with Crippen molar-refractivity contribution in [2.45, 2.75) is 39.5 Å². The number of nitro groups is 1. The van der Waals surface area contributed by atoms with E-state index in [1.165, 1.54) is 43.5 Å². The van der Waals surface area contributed by atoms with Crippen LogP contribution in [0.1, 0.15) is 39.5 Å². The fourth-order valence-electron chi connectivity index (χ4n) is 2.55. The second-order valence-corrected chi connectivity index (χ2v) is 6.18. The number of unbranched alkanes of at least 4 members (excludes halogenated alkanes) is 2. The quantitative estimate of drug-likeness (QED) is 0.281. The fraction of sp³-hybridized carbons (Fsp3) is 0.400. The molecule has 2 rings (SSSR count). The van der Waals surface area contributed by atoms with Gasteiger partial charge in [0.25, 0.3) is 5.69 Å². The van der Waals surface area contributed by atoms with E-state index in [0.717, 1.165) is 18.8 Å². The molecule has 0 aliphatic heterocycles. The zero-order valence-corrected chi connectivity index (χ0v) is 15.5. The predicted octanol–water partition coefficient (Wildman–Crippen LogP) is 6.42. The Morgan fingerprint density at radius 2 is 1.31 bits per heavy atom. The van der Waals surface area contributed by atoms with E-state index >= 15 is 0 Å². The number of benzene rings is 2. The molecule has 0 amide bonds. The molecule has 0 saturated carbocycles. The van der Waals surface area contributed by atoms with Gasteiger partial charge in [0.1, 0.15) is 0 Å². The largest absolute Gasteiger partial charge is 0.372 e. The lowest BCUT2D eigenvalue weighted by atomic mass is 10.2. The van der Waals surface area contributed by atoms with E-state index in [2.05, 4.69) is 41.1 Å². The van der Waals surface area contributed by atoms with Crippen molar-refractivity contribution in [1.82, 2.24) is 0 Å². The van der Waals surface area contributed by atoms with Crippen LogP contribution < -0.4 is 4.90 Å². The van der Waals surface area contributed by atoms with Crippen molar-refractivity contribution in [2.24, 2.45) is 10.2 Å². The van der Waals surface area contributed by atoms with Gasteiger partial charge >= 0.3 is 0 Å². The van der Waals surface area contributed by atoms with Crippen LogP contribution in [0.5, 0.6) is 0 Å². The number of azo groups is 1. The van der Waals surface area contributed by atoms with E-state index in [4.69, 9.17) is 0 Å². The molecule has 0 bridgehead atoms. The van der Waals surface area contributed by atoms with Crippen molar-refractivity contribution < 1.29 is 4.92 Å². The van der Waals surface area contributed by atoms with Crippen molar-refractivity contribution in [3.05, 3.63) is 58.6 Å². The summed E-state index contributed by atoms with van der Waals surface area (Å²) < 4.78 is 0. The van der Waals surface area contributed by atoms with Crippen LogP contribution in [0.3, 0.4) is 0 Å². The van der Waals surface area contributed by atoms with Crippen molar-refractivity contribution >= 4 is 22.7 Å². The molecule has 0 radical (unpaired) electrons. The first kappa shape index (κ1) is 19.6. The maximum Gasteiger partial charge on any atom is 0.269 e. The Bertz CT molecular complexity index is 704. The Morgan fingerprint density at radius 3 is 1.73 bits per heavy atom. The summed E-state index contributed by atoms with van der Waals surface area (Å²) in [5, 5.41) is 19.0. The molecule has 0 spiro atoms. The molecule has 6 nitrogen and oxygen atoms in total. The van der Waals surface area contributed by atoms with Gasteiger partial charge in [0.2, 0.25) is 0 Å². The molecule has 0 saturated heterocycles. The van der Waals surface area contributed by atoms with Crippen LogP contribution >= 0.6 is 0 Å². The van der Waals surface area contributed by atoms with Gasteiger partial charge in [-0.3, -0.25) is 10.1 Å². The highest BCUT2D eigenvalue weighted by molar-refractivity contribution is 5.53. The summed E-state index contributed by atoms with van der Waals surface area (Å²) in [6.07, 6.45) is 4.74. The molecule has 0 heterocycles. The van der Waals surface area contributed by atoms with Crippen LogP contribution in [0, 0.1) is 10.1 Å². The molecule has 0 N–H and O–H groups in total. The molecular formula is C20H26N4O2. The second kappa shape index (κ2) is 10.3. The van der Waals surface area contributed by atoms with Gasteiger partial charge in [-0.1, -0.05) is 26.7 Å². The lowest BCUT2D eigenvalue weighted by Crippen LogP contribution is -2.25. The minimum atomic E-state index is -0.428. The molecule has 2 aromatic carbocycles. The third-order valence-corrected chi connectivity index (χ3v) is 4.12. The van der Waals surface area contributed by atoms with E-state index in [0.29, 0.717) is 5.69 Å². The van der Waals surface area contributed by atoms with Crippen LogP contribution in [0.4, 0.5) is 22.7 Å². The molecule has 0 fully saturated rings. The monoisotopic (exact) mass is 354 g/mol. The third kappa shape index (κ3) is 5.95. The number of rotatable bonds is 10. The highest BCUT2D eigenvalue weighted by atomic mass is 16.6. The summed E-state index contributed by atoms with van der Waals surface area (Å²) >= 11 is 0. The average molecular weight is 354 g/mol. The Morgan fingerprint density at radius 1 is 0.846 bits per heavy atom. The average Bonchev–Trinajstić information content (AvgIpc) is 2.67. The van der Waals surface area contributed by atoms with E-state index < -0.39 is 4.92 Å². The summed E-state index contributed by atoms with van der Waals surface area (Å²) in [5.41, 5.74) is 2.61. The first-order valence-corrected chi connectivity index (χ1v) is 9.15. The number of anilines is 1. The standard InChI is InChI=1S/C20H26N4O2/c1-3-5-15-23(16-6-4-2)19-11-7-17(8-12-19)21-22-18-9-13-20(14-10-18)24(25)26/h7-14H,3-6,15-16H2,1-2H3. The Kier molecular flexibility index (Phi) is 7.74. The van der Waals surface area contributed by atoms with Crippen molar-refractivity contribution in [2.75, 3.05) is 18.0 Å². The van der Waals surface area contributed by atoms with Crippen LogP contribution in [-0.2, 0) is 0 Å². The molecular weight excluding hydrogens is 328 g/mol. The van der Waals surface area contributed by atoms with Gasteiger partial charge in [0.15, 0.2) is 0 Å². The molecule has 0 aliphatic carbocycles. The molecule has 2 aromatic rings. The zero-order chi connectivity index (χ0) is 18.8. The smallest absolute Gasteiger partial charge is 0.269 e. The minimum Gasteiger partial charge on any atom is -0.372 e. The van der Waals surface area contributed by atoms with Crippen molar-refractivity contribution in [1.29, 1.82) is 0 Å². The van der Waals surface area contributed by atoms with Gasteiger partial charge in [-0.25, -0.2) is 0 Å². The lowest BCUT2D eigenvalue weighted by molar-refractivity contribution is -0.384. The maximum atomic E-state index is 10.7. The lowest BCUT2D eigenvalue weighted by Gasteiger charge is -2.24. The number of non-ortho nitro benzene ring substituents is 1. The molecule has 0 unspecified atom stereocenters. The van der Waals surface area contributed by atoms with Gasteiger partial charge in [-0.2, -0.15) is 10.2 Å². The summed E-state index contributed by atoms with van der Waals surface area (Å²) in [5.74, 6) is 0. The highest BCUT2D eigenvalue weighted by Gasteiger charge is 2.06. The van der Waals surface area contributed by atoms with Gasteiger partial charge in [-0.05, 0) is 49.2 Å². The van der Waals surface area contributed by atoms with Crippen molar-refractivity contribution in [3.63, 3.8) is 0 Å². The SMILES string of the molecule is CCCCN(CCCC)c1ccc(N=Nc2ccc([N+](=O)[O-])cc2)cc1. The summed E-state index contributed by atoms with van der Waals surface area (Å²) in [6, 6.07) is 14.1. The highest BCUT2D eigenvalue weighted by Crippen LogP contribution is 2.24. The number of hydrogen-bond acceptors (Lipinski definition) is 5. The van der Waals surface area contributed by atoms with Gasteiger partial charge in [0, 0.05) is 30.9 Å². The second-order valence-electron chi connectivity index (χ2n) is 6.18. The molecule has 138 valence electrons. The van der Waals surface area contributed by atoms with E-state index in [1.54, 1.807) is 12.1 Å². The fourth-order valence-corrected chi connectivity index (χ4v) is 2.55. The molecule has 0 aliphatic rings.